The quantitative estimate of drug-likeness (QED) is 0.513. The number of aliphatic hydroxyl groups excluding tert-OH is 1. The van der Waals surface area contributed by atoms with E-state index in [0.717, 1.165) is 40.8 Å². The number of aliphatic hydroxyl groups is 1. The molecule has 148 valence electrons. The second-order valence-electron chi connectivity index (χ2n) is 5.75. The van der Waals surface area contributed by atoms with Crippen LogP contribution in [0.3, 0.4) is 0 Å². The van der Waals surface area contributed by atoms with Crippen molar-refractivity contribution in [3.63, 3.8) is 0 Å². The first-order valence-corrected chi connectivity index (χ1v) is 10.1. The van der Waals surface area contributed by atoms with E-state index in [9.17, 15) is 4.79 Å². The number of furan rings is 3. The summed E-state index contributed by atoms with van der Waals surface area (Å²) in [5.41, 5.74) is 5.20. The Bertz CT molecular complexity index is 815. The topological polar surface area (TPSA) is 76.7 Å². The average Bonchev–Trinajstić information content (AvgIpc) is 3.24. The molecule has 0 aliphatic rings. The zero-order chi connectivity index (χ0) is 20.6. The standard InChI is InChI=1S/C7H11OP.C6H9O2P.C6H7O2P/c1-3-6-4-7(9)8-5(6)2;2*1-4-5(3-7)2-6(9)8-4/h4H,3,9H2,1-2H3;2,7H,3,9H2,1H3;2-3H,9H2,1H3. The lowest BCUT2D eigenvalue weighted by molar-refractivity contribution is 0.112. The number of rotatable bonds is 3. The molecule has 3 aromatic rings. The molecule has 3 aromatic heterocycles. The molecule has 5 nitrogen and oxygen atoms in total. The SMILES string of the molecule is CCc1cc(P)oc1C.Cc1oc(P)cc1C=O.Cc1oc(P)cc1CO. The number of carbonyl (C=O) groups excluding carboxylic acids is 1. The Morgan fingerprint density at radius 3 is 1.48 bits per heavy atom. The van der Waals surface area contributed by atoms with E-state index in [1.54, 1.807) is 19.1 Å². The van der Waals surface area contributed by atoms with Crippen LogP contribution in [-0.4, -0.2) is 11.4 Å². The van der Waals surface area contributed by atoms with Gasteiger partial charge in [-0.25, -0.2) is 0 Å². The monoisotopic (exact) mass is 428 g/mol. The Morgan fingerprint density at radius 1 is 0.852 bits per heavy atom. The number of aldehydes is 1. The van der Waals surface area contributed by atoms with Gasteiger partial charge in [-0.3, -0.25) is 4.79 Å². The fourth-order valence-electron chi connectivity index (χ4n) is 2.24. The van der Waals surface area contributed by atoms with Crippen LogP contribution in [0.4, 0.5) is 0 Å². The fourth-order valence-corrected chi connectivity index (χ4v) is 3.35. The van der Waals surface area contributed by atoms with Crippen LogP contribution in [0.1, 0.15) is 45.7 Å². The molecule has 0 fully saturated rings. The van der Waals surface area contributed by atoms with Crippen LogP contribution in [0.15, 0.2) is 31.5 Å². The smallest absolute Gasteiger partial charge is 0.153 e. The van der Waals surface area contributed by atoms with Crippen LogP contribution >= 0.6 is 27.7 Å². The van der Waals surface area contributed by atoms with Crippen molar-refractivity contribution in [2.75, 3.05) is 0 Å². The summed E-state index contributed by atoms with van der Waals surface area (Å²) in [6.07, 6.45) is 1.84. The van der Waals surface area contributed by atoms with E-state index in [1.165, 1.54) is 5.56 Å². The molecule has 3 atom stereocenters. The van der Waals surface area contributed by atoms with Crippen molar-refractivity contribution in [1.82, 2.24) is 0 Å². The van der Waals surface area contributed by atoms with Crippen molar-refractivity contribution in [3.8, 4) is 0 Å². The van der Waals surface area contributed by atoms with E-state index in [2.05, 4.69) is 40.7 Å². The highest BCUT2D eigenvalue weighted by Crippen LogP contribution is 2.09. The van der Waals surface area contributed by atoms with E-state index in [0.29, 0.717) is 16.8 Å². The van der Waals surface area contributed by atoms with Crippen molar-refractivity contribution >= 4 is 50.5 Å². The summed E-state index contributed by atoms with van der Waals surface area (Å²) in [5.74, 6) is 2.51. The molecule has 27 heavy (non-hydrogen) atoms. The van der Waals surface area contributed by atoms with Crippen molar-refractivity contribution in [2.24, 2.45) is 0 Å². The highest BCUT2D eigenvalue weighted by Gasteiger charge is 2.01. The van der Waals surface area contributed by atoms with Gasteiger partial charge in [0, 0.05) is 5.56 Å². The molecule has 0 amide bonds. The normalized spacial score (nSPS) is 9.93. The fraction of sp³-hybridized carbons (Fsp3) is 0.316. The Kier molecular flexibility index (Phi) is 10.2. The molecule has 3 unspecified atom stereocenters. The van der Waals surface area contributed by atoms with E-state index < -0.39 is 0 Å². The second kappa shape index (κ2) is 11.6. The first kappa shape index (κ1) is 23.8. The van der Waals surface area contributed by atoms with Gasteiger partial charge < -0.3 is 18.4 Å². The molecule has 0 aliphatic carbocycles. The summed E-state index contributed by atoms with van der Waals surface area (Å²) in [6.45, 7) is 7.77. The number of hydrogen-bond donors (Lipinski definition) is 1. The third-order valence-corrected chi connectivity index (χ3v) is 4.59. The molecule has 3 rings (SSSR count). The average molecular weight is 428 g/mol. The van der Waals surface area contributed by atoms with E-state index >= 15 is 0 Å². The summed E-state index contributed by atoms with van der Waals surface area (Å²) < 4.78 is 15.4. The second-order valence-corrected chi connectivity index (χ2v) is 7.46. The zero-order valence-corrected chi connectivity index (χ0v) is 19.5. The van der Waals surface area contributed by atoms with Gasteiger partial charge in [-0.1, -0.05) is 34.6 Å². The maximum atomic E-state index is 10.2. The van der Waals surface area contributed by atoms with Crippen molar-refractivity contribution < 1.29 is 23.2 Å². The first-order chi connectivity index (χ1) is 12.7. The molecule has 0 saturated carbocycles. The molecule has 0 radical (unpaired) electrons. The molecule has 0 aromatic carbocycles. The molecule has 0 bridgehead atoms. The summed E-state index contributed by atoms with van der Waals surface area (Å²) in [7, 11) is 7.37. The predicted molar refractivity (Wildman–Crippen MR) is 119 cm³/mol. The minimum atomic E-state index is 0.0593. The van der Waals surface area contributed by atoms with Crippen molar-refractivity contribution in [3.05, 3.63) is 52.2 Å². The van der Waals surface area contributed by atoms with Crippen LogP contribution in [0.2, 0.25) is 0 Å². The van der Waals surface area contributed by atoms with Gasteiger partial charge in [0.2, 0.25) is 0 Å². The molecule has 8 heteroatoms. The number of carbonyl (C=O) groups is 1. The van der Waals surface area contributed by atoms with Crippen LogP contribution in [0, 0.1) is 20.8 Å². The summed E-state index contributed by atoms with van der Waals surface area (Å²) in [6, 6.07) is 5.55. The Hall–Kier alpha value is -1.24. The van der Waals surface area contributed by atoms with Gasteiger partial charge in [0.1, 0.15) is 33.8 Å². The molecule has 0 spiro atoms. The number of aryl methyl sites for hydroxylation is 4. The van der Waals surface area contributed by atoms with Gasteiger partial charge >= 0.3 is 0 Å². The summed E-state index contributed by atoms with van der Waals surface area (Å²) >= 11 is 0. The lowest BCUT2D eigenvalue weighted by atomic mass is 10.2. The van der Waals surface area contributed by atoms with Gasteiger partial charge in [-0.05, 0) is 51.0 Å². The van der Waals surface area contributed by atoms with Gasteiger partial charge in [-0.15, -0.1) is 0 Å². The lowest BCUT2D eigenvalue weighted by Crippen LogP contribution is -1.80. The molecule has 1 N–H and O–H groups in total. The highest BCUT2D eigenvalue weighted by molar-refractivity contribution is 7.27. The summed E-state index contributed by atoms with van der Waals surface area (Å²) in [4.78, 5) is 10.2. The lowest BCUT2D eigenvalue weighted by Gasteiger charge is -1.86. The van der Waals surface area contributed by atoms with Crippen LogP contribution in [0.5, 0.6) is 0 Å². The van der Waals surface area contributed by atoms with Gasteiger partial charge in [0.05, 0.1) is 12.2 Å². The molecule has 3 heterocycles. The molecule has 0 aliphatic heterocycles. The minimum Gasteiger partial charge on any atom is -0.462 e. The van der Waals surface area contributed by atoms with Gasteiger partial charge in [-0.2, -0.15) is 0 Å². The van der Waals surface area contributed by atoms with Gasteiger partial charge in [0.25, 0.3) is 0 Å². The summed E-state index contributed by atoms with van der Waals surface area (Å²) in [5, 5.41) is 8.66. The molecule has 0 saturated heterocycles. The first-order valence-electron chi connectivity index (χ1n) is 8.33. The molecular formula is C19H27O5P3. The Balaban J connectivity index is 0.000000202. The zero-order valence-electron chi connectivity index (χ0n) is 16.0. The largest absolute Gasteiger partial charge is 0.462 e. The van der Waals surface area contributed by atoms with Crippen LogP contribution < -0.4 is 16.5 Å². The highest BCUT2D eigenvalue weighted by atomic mass is 31.0. The maximum absolute atomic E-state index is 10.2. The van der Waals surface area contributed by atoms with Gasteiger partial charge in [0.15, 0.2) is 6.29 Å². The Morgan fingerprint density at radius 2 is 1.30 bits per heavy atom. The van der Waals surface area contributed by atoms with Crippen molar-refractivity contribution in [1.29, 1.82) is 0 Å². The predicted octanol–water partition coefficient (Wildman–Crippen LogP) is 3.13. The van der Waals surface area contributed by atoms with Crippen LogP contribution in [0.25, 0.3) is 0 Å². The molecular weight excluding hydrogens is 401 g/mol. The third-order valence-electron chi connectivity index (χ3n) is 3.73. The Labute approximate surface area is 166 Å². The van der Waals surface area contributed by atoms with Crippen LogP contribution in [-0.2, 0) is 13.0 Å². The minimum absolute atomic E-state index is 0.0593. The van der Waals surface area contributed by atoms with E-state index in [-0.39, 0.29) is 6.61 Å². The van der Waals surface area contributed by atoms with E-state index in [4.69, 9.17) is 18.4 Å². The maximum Gasteiger partial charge on any atom is 0.153 e. The van der Waals surface area contributed by atoms with Crippen molar-refractivity contribution in [2.45, 2.75) is 40.7 Å². The third kappa shape index (κ3) is 7.72. The number of hydrogen-bond acceptors (Lipinski definition) is 5. The van der Waals surface area contributed by atoms with E-state index in [1.807, 2.05) is 13.8 Å².